The van der Waals surface area contributed by atoms with Gasteiger partial charge in [0, 0.05) is 12.6 Å². The lowest BCUT2D eigenvalue weighted by Crippen LogP contribution is -2.16. The number of ether oxygens (including phenoxy) is 3. The number of para-hydroxylation sites is 2. The van der Waals surface area contributed by atoms with Crippen LogP contribution < -0.4 is 14.8 Å². The zero-order valence-corrected chi connectivity index (χ0v) is 15.6. The molecular weight excluding hydrogens is 366 g/mol. The standard InChI is InChI=1S/C19H23N3O6/c1-26-16-7-3-4-8-17(16)28-14-19(23)27-12-6-2-5-11-20-18-10-9-15(13-21-18)22(24)25/h3-4,7-10,13H,2,5-6,11-12,14H2,1H3,(H,20,21). The van der Waals surface area contributed by atoms with Gasteiger partial charge in [-0.1, -0.05) is 12.1 Å². The van der Waals surface area contributed by atoms with Crippen molar-refractivity contribution in [3.63, 3.8) is 0 Å². The Kier molecular flexibility index (Phi) is 8.51. The highest BCUT2D eigenvalue weighted by Gasteiger charge is 2.08. The number of nitrogens with one attached hydrogen (secondary N) is 1. The van der Waals surface area contributed by atoms with Crippen molar-refractivity contribution < 1.29 is 23.9 Å². The van der Waals surface area contributed by atoms with Crippen molar-refractivity contribution in [1.82, 2.24) is 4.98 Å². The van der Waals surface area contributed by atoms with Crippen LogP contribution in [-0.2, 0) is 9.53 Å². The summed E-state index contributed by atoms with van der Waals surface area (Å²) in [6.07, 6.45) is 3.67. The van der Waals surface area contributed by atoms with Crippen LogP contribution in [0.25, 0.3) is 0 Å². The van der Waals surface area contributed by atoms with Gasteiger partial charge >= 0.3 is 5.97 Å². The van der Waals surface area contributed by atoms with Crippen LogP contribution in [0.5, 0.6) is 11.5 Å². The summed E-state index contributed by atoms with van der Waals surface area (Å²) in [4.78, 5) is 25.8. The number of hydrogen-bond acceptors (Lipinski definition) is 8. The fourth-order valence-electron chi connectivity index (χ4n) is 2.32. The maximum atomic E-state index is 11.7. The Labute approximate surface area is 162 Å². The zero-order chi connectivity index (χ0) is 20.2. The molecule has 0 bridgehead atoms. The Morgan fingerprint density at radius 3 is 2.61 bits per heavy atom. The van der Waals surface area contributed by atoms with E-state index < -0.39 is 10.9 Å². The number of methoxy groups -OCH3 is 1. The molecule has 0 saturated carbocycles. The lowest BCUT2D eigenvalue weighted by molar-refractivity contribution is -0.385. The molecule has 9 heteroatoms. The van der Waals surface area contributed by atoms with Crippen molar-refractivity contribution in [3.05, 3.63) is 52.7 Å². The average molecular weight is 389 g/mol. The molecule has 0 aliphatic carbocycles. The minimum absolute atomic E-state index is 0.0398. The average Bonchev–Trinajstić information content (AvgIpc) is 2.72. The third-order valence-electron chi connectivity index (χ3n) is 3.76. The summed E-state index contributed by atoms with van der Waals surface area (Å²) in [5.74, 6) is 1.21. The van der Waals surface area contributed by atoms with E-state index in [1.54, 1.807) is 24.3 Å². The SMILES string of the molecule is COc1ccccc1OCC(=O)OCCCCCNc1ccc([N+](=O)[O-])cn1. The molecule has 0 radical (unpaired) electrons. The van der Waals surface area contributed by atoms with E-state index in [2.05, 4.69) is 10.3 Å². The number of pyridine rings is 1. The Balaban J connectivity index is 1.53. The maximum Gasteiger partial charge on any atom is 0.344 e. The molecule has 1 heterocycles. The number of benzene rings is 1. The zero-order valence-electron chi connectivity index (χ0n) is 15.6. The van der Waals surface area contributed by atoms with E-state index in [9.17, 15) is 14.9 Å². The van der Waals surface area contributed by atoms with Crippen molar-refractivity contribution in [2.24, 2.45) is 0 Å². The van der Waals surface area contributed by atoms with Crippen LogP contribution in [0.1, 0.15) is 19.3 Å². The second kappa shape index (κ2) is 11.4. The number of nitro groups is 1. The van der Waals surface area contributed by atoms with Crippen LogP contribution in [0.15, 0.2) is 42.6 Å². The van der Waals surface area contributed by atoms with E-state index in [0.717, 1.165) is 19.3 Å². The normalized spacial score (nSPS) is 10.2. The van der Waals surface area contributed by atoms with E-state index >= 15 is 0 Å². The smallest absolute Gasteiger partial charge is 0.344 e. The summed E-state index contributed by atoms with van der Waals surface area (Å²) in [6, 6.07) is 10.1. The lowest BCUT2D eigenvalue weighted by Gasteiger charge is -2.10. The van der Waals surface area contributed by atoms with E-state index in [1.807, 2.05) is 6.07 Å². The van der Waals surface area contributed by atoms with Gasteiger partial charge in [-0.3, -0.25) is 10.1 Å². The van der Waals surface area contributed by atoms with Gasteiger partial charge < -0.3 is 19.5 Å². The van der Waals surface area contributed by atoms with Gasteiger partial charge in [0.1, 0.15) is 12.0 Å². The van der Waals surface area contributed by atoms with Gasteiger partial charge in [0.05, 0.1) is 18.6 Å². The van der Waals surface area contributed by atoms with Crippen LogP contribution in [0.3, 0.4) is 0 Å². The Morgan fingerprint density at radius 1 is 1.14 bits per heavy atom. The fraction of sp³-hybridized carbons (Fsp3) is 0.368. The molecule has 1 aromatic heterocycles. The van der Waals surface area contributed by atoms with E-state index in [1.165, 1.54) is 19.4 Å². The molecule has 0 unspecified atom stereocenters. The largest absolute Gasteiger partial charge is 0.493 e. The second-order valence-corrected chi connectivity index (χ2v) is 5.81. The summed E-state index contributed by atoms with van der Waals surface area (Å²) in [5.41, 5.74) is -0.0398. The highest BCUT2D eigenvalue weighted by atomic mass is 16.6. The number of unbranched alkanes of at least 4 members (excludes halogenated alkanes) is 2. The lowest BCUT2D eigenvalue weighted by atomic mass is 10.2. The number of rotatable bonds is 12. The molecule has 1 aromatic carbocycles. The molecule has 0 amide bonds. The third-order valence-corrected chi connectivity index (χ3v) is 3.76. The predicted molar refractivity (Wildman–Crippen MR) is 103 cm³/mol. The topological polar surface area (TPSA) is 113 Å². The highest BCUT2D eigenvalue weighted by molar-refractivity contribution is 5.71. The first kappa shape index (κ1) is 20.9. The number of carbonyl (C=O) groups excluding carboxylic acids is 1. The van der Waals surface area contributed by atoms with E-state index in [0.29, 0.717) is 30.5 Å². The molecule has 0 aliphatic rings. The maximum absolute atomic E-state index is 11.7. The van der Waals surface area contributed by atoms with Crippen LogP contribution in [0.4, 0.5) is 11.5 Å². The summed E-state index contributed by atoms with van der Waals surface area (Å²) >= 11 is 0. The molecule has 0 aliphatic heterocycles. The van der Waals surface area contributed by atoms with Crippen molar-refractivity contribution in [2.75, 3.05) is 32.2 Å². The summed E-state index contributed by atoms with van der Waals surface area (Å²) in [6.45, 7) is 0.827. The first-order valence-corrected chi connectivity index (χ1v) is 8.86. The van der Waals surface area contributed by atoms with Crippen LogP contribution >= 0.6 is 0 Å². The molecule has 9 nitrogen and oxygen atoms in total. The minimum atomic E-state index is -0.487. The third kappa shape index (κ3) is 7.10. The highest BCUT2D eigenvalue weighted by Crippen LogP contribution is 2.25. The number of anilines is 1. The van der Waals surface area contributed by atoms with Crippen molar-refractivity contribution >= 4 is 17.5 Å². The fourth-order valence-corrected chi connectivity index (χ4v) is 2.32. The van der Waals surface area contributed by atoms with Crippen molar-refractivity contribution in [1.29, 1.82) is 0 Å². The van der Waals surface area contributed by atoms with Crippen LogP contribution in [0.2, 0.25) is 0 Å². The number of hydrogen-bond donors (Lipinski definition) is 1. The number of esters is 1. The number of nitrogens with zero attached hydrogens (tertiary/aromatic N) is 2. The Hall–Kier alpha value is -3.36. The monoisotopic (exact) mass is 389 g/mol. The van der Waals surface area contributed by atoms with Gasteiger partial charge in [0.25, 0.3) is 5.69 Å². The van der Waals surface area contributed by atoms with Gasteiger partial charge in [-0.05, 0) is 37.5 Å². The van der Waals surface area contributed by atoms with Gasteiger partial charge in [-0.15, -0.1) is 0 Å². The first-order chi connectivity index (χ1) is 13.6. The molecule has 0 atom stereocenters. The van der Waals surface area contributed by atoms with Gasteiger partial charge in [-0.2, -0.15) is 0 Å². The molecular formula is C19H23N3O6. The number of carbonyl (C=O) groups is 1. The summed E-state index contributed by atoms with van der Waals surface area (Å²) < 4.78 is 15.7. The quantitative estimate of drug-likeness (QED) is 0.255. The van der Waals surface area contributed by atoms with Gasteiger partial charge in [-0.25, -0.2) is 9.78 Å². The minimum Gasteiger partial charge on any atom is -0.493 e. The summed E-state index contributed by atoms with van der Waals surface area (Å²) in [7, 11) is 1.53. The van der Waals surface area contributed by atoms with Crippen molar-refractivity contribution in [2.45, 2.75) is 19.3 Å². The molecule has 2 aromatic rings. The molecule has 2 rings (SSSR count). The Morgan fingerprint density at radius 2 is 1.93 bits per heavy atom. The van der Waals surface area contributed by atoms with E-state index in [-0.39, 0.29) is 12.3 Å². The molecule has 0 spiro atoms. The van der Waals surface area contributed by atoms with Crippen molar-refractivity contribution in [3.8, 4) is 11.5 Å². The van der Waals surface area contributed by atoms with Gasteiger partial charge in [0.2, 0.25) is 0 Å². The number of aromatic nitrogens is 1. The van der Waals surface area contributed by atoms with E-state index in [4.69, 9.17) is 14.2 Å². The first-order valence-electron chi connectivity index (χ1n) is 8.86. The van der Waals surface area contributed by atoms with Gasteiger partial charge in [0.15, 0.2) is 18.1 Å². The summed E-state index contributed by atoms with van der Waals surface area (Å²) in [5, 5.41) is 13.6. The molecule has 1 N–H and O–H groups in total. The molecule has 28 heavy (non-hydrogen) atoms. The molecule has 0 saturated heterocycles. The molecule has 0 fully saturated rings. The predicted octanol–water partition coefficient (Wildman–Crippen LogP) is 3.20. The second-order valence-electron chi connectivity index (χ2n) is 5.81. The molecule has 150 valence electrons. The Bertz CT molecular complexity index is 767. The van der Waals surface area contributed by atoms with Crippen LogP contribution in [0, 0.1) is 10.1 Å². The van der Waals surface area contributed by atoms with Crippen LogP contribution in [-0.4, -0.2) is 42.7 Å².